The van der Waals surface area contributed by atoms with Crippen LogP contribution in [0.3, 0.4) is 0 Å². The molecule has 4 aromatic rings. The van der Waals surface area contributed by atoms with Crippen molar-refractivity contribution in [2.75, 3.05) is 0 Å². The molecule has 0 radical (unpaired) electrons. The summed E-state index contributed by atoms with van der Waals surface area (Å²) in [7, 11) is 0. The van der Waals surface area contributed by atoms with Crippen LogP contribution in [0, 0.1) is 0 Å². The SMILES string of the molecule is Oc1cc(Cc2ccc(OCc3ccccc3Oc3ccccc3)cc2)on1. The molecular formula is C23H19NO4. The van der Waals surface area contributed by atoms with Crippen LogP contribution in [0.2, 0.25) is 0 Å². The van der Waals surface area contributed by atoms with E-state index in [9.17, 15) is 5.11 Å². The van der Waals surface area contributed by atoms with Crippen LogP contribution in [0.1, 0.15) is 16.9 Å². The van der Waals surface area contributed by atoms with Crippen molar-refractivity contribution >= 4 is 0 Å². The molecule has 1 N–H and O–H groups in total. The standard InChI is InChI=1S/C23H19NO4/c25-23-15-21(28-24-23)14-17-10-12-19(13-11-17)26-16-18-6-4-5-9-22(18)27-20-7-2-1-3-8-20/h1-13,15H,14,16H2,(H,24,25). The number of para-hydroxylation sites is 2. The van der Waals surface area contributed by atoms with Gasteiger partial charge in [-0.1, -0.05) is 48.5 Å². The summed E-state index contributed by atoms with van der Waals surface area (Å²) in [5, 5.41) is 12.7. The van der Waals surface area contributed by atoms with E-state index in [0.717, 1.165) is 28.4 Å². The molecule has 1 heterocycles. The summed E-state index contributed by atoms with van der Waals surface area (Å²) in [6.07, 6.45) is 0.557. The first kappa shape index (κ1) is 17.7. The van der Waals surface area contributed by atoms with Gasteiger partial charge < -0.3 is 19.1 Å². The van der Waals surface area contributed by atoms with Crippen molar-refractivity contribution in [1.82, 2.24) is 5.16 Å². The highest BCUT2D eigenvalue weighted by atomic mass is 16.5. The molecule has 0 atom stereocenters. The Hall–Kier alpha value is -3.73. The van der Waals surface area contributed by atoms with Gasteiger partial charge in [-0.15, -0.1) is 0 Å². The van der Waals surface area contributed by atoms with Gasteiger partial charge in [0.25, 0.3) is 5.88 Å². The number of ether oxygens (including phenoxy) is 2. The molecule has 3 aromatic carbocycles. The minimum absolute atomic E-state index is 0.105. The van der Waals surface area contributed by atoms with Crippen molar-refractivity contribution < 1.29 is 19.1 Å². The summed E-state index contributed by atoms with van der Waals surface area (Å²) in [5.41, 5.74) is 2.00. The third kappa shape index (κ3) is 4.51. The monoisotopic (exact) mass is 373 g/mol. The fourth-order valence-corrected chi connectivity index (χ4v) is 2.79. The predicted molar refractivity (Wildman–Crippen MR) is 105 cm³/mol. The number of nitrogens with zero attached hydrogens (tertiary/aromatic N) is 1. The topological polar surface area (TPSA) is 64.7 Å². The number of benzene rings is 3. The number of aromatic nitrogens is 1. The van der Waals surface area contributed by atoms with Crippen molar-refractivity contribution in [1.29, 1.82) is 0 Å². The Morgan fingerprint density at radius 2 is 1.57 bits per heavy atom. The van der Waals surface area contributed by atoms with Crippen LogP contribution < -0.4 is 9.47 Å². The molecule has 5 heteroatoms. The Kier molecular flexibility index (Phi) is 5.24. The zero-order valence-corrected chi connectivity index (χ0v) is 15.1. The summed E-state index contributed by atoms with van der Waals surface area (Å²) < 4.78 is 16.9. The first-order valence-electron chi connectivity index (χ1n) is 8.93. The molecule has 1 aromatic heterocycles. The lowest BCUT2D eigenvalue weighted by molar-refractivity contribution is 0.300. The lowest BCUT2D eigenvalue weighted by atomic mass is 10.1. The van der Waals surface area contributed by atoms with Crippen LogP contribution in [-0.4, -0.2) is 10.3 Å². The van der Waals surface area contributed by atoms with Crippen molar-refractivity contribution in [2.45, 2.75) is 13.0 Å². The molecule has 0 bridgehead atoms. The van der Waals surface area contributed by atoms with Crippen molar-refractivity contribution in [2.24, 2.45) is 0 Å². The highest BCUT2D eigenvalue weighted by Crippen LogP contribution is 2.26. The molecule has 0 amide bonds. The van der Waals surface area contributed by atoms with E-state index in [1.807, 2.05) is 78.9 Å². The molecule has 0 fully saturated rings. The Balaban J connectivity index is 1.39. The van der Waals surface area contributed by atoms with Crippen molar-refractivity contribution in [3.8, 4) is 23.1 Å². The van der Waals surface area contributed by atoms with Crippen LogP contribution in [-0.2, 0) is 13.0 Å². The summed E-state index contributed by atoms with van der Waals surface area (Å²) in [4.78, 5) is 0. The minimum Gasteiger partial charge on any atom is -0.491 e. The smallest absolute Gasteiger partial charge is 0.251 e. The first-order chi connectivity index (χ1) is 13.8. The van der Waals surface area contributed by atoms with Crippen LogP contribution in [0.5, 0.6) is 23.1 Å². The van der Waals surface area contributed by atoms with Gasteiger partial charge in [-0.3, -0.25) is 0 Å². The average molecular weight is 373 g/mol. The maximum absolute atomic E-state index is 9.23. The quantitative estimate of drug-likeness (QED) is 0.473. The van der Waals surface area contributed by atoms with Crippen molar-refractivity contribution in [3.63, 3.8) is 0 Å². The van der Waals surface area contributed by atoms with E-state index in [0.29, 0.717) is 18.8 Å². The van der Waals surface area contributed by atoms with Gasteiger partial charge in [-0.05, 0) is 41.1 Å². The van der Waals surface area contributed by atoms with Gasteiger partial charge in [0.05, 0.1) is 0 Å². The van der Waals surface area contributed by atoms with Crippen molar-refractivity contribution in [3.05, 3.63) is 102 Å². The van der Waals surface area contributed by atoms with Crippen LogP contribution >= 0.6 is 0 Å². The van der Waals surface area contributed by atoms with E-state index in [2.05, 4.69) is 5.16 Å². The minimum atomic E-state index is -0.105. The Bertz CT molecular complexity index is 1030. The zero-order chi connectivity index (χ0) is 19.2. The molecule has 0 aliphatic heterocycles. The number of aromatic hydroxyl groups is 1. The van der Waals surface area contributed by atoms with Gasteiger partial charge in [-0.25, -0.2) is 0 Å². The van der Waals surface area contributed by atoms with Crippen LogP contribution in [0.25, 0.3) is 0 Å². The highest BCUT2D eigenvalue weighted by molar-refractivity contribution is 5.38. The van der Waals surface area contributed by atoms with E-state index >= 15 is 0 Å². The van der Waals surface area contributed by atoms with E-state index < -0.39 is 0 Å². The molecule has 5 nitrogen and oxygen atoms in total. The van der Waals surface area contributed by atoms with E-state index in [1.54, 1.807) is 0 Å². The summed E-state index contributed by atoms with van der Waals surface area (Å²) in [5.74, 6) is 2.83. The Morgan fingerprint density at radius 1 is 0.821 bits per heavy atom. The highest BCUT2D eigenvalue weighted by Gasteiger charge is 2.07. The number of rotatable bonds is 7. The fraction of sp³-hybridized carbons (Fsp3) is 0.0870. The molecule has 0 spiro atoms. The summed E-state index contributed by atoms with van der Waals surface area (Å²) in [6, 6.07) is 26.8. The van der Waals surface area contributed by atoms with E-state index in [1.165, 1.54) is 6.07 Å². The molecule has 0 aliphatic carbocycles. The molecule has 0 saturated carbocycles. The maximum atomic E-state index is 9.23. The Morgan fingerprint density at radius 3 is 2.32 bits per heavy atom. The molecule has 140 valence electrons. The van der Waals surface area contributed by atoms with Gasteiger partial charge in [0.2, 0.25) is 0 Å². The summed E-state index contributed by atoms with van der Waals surface area (Å²) >= 11 is 0. The van der Waals surface area contributed by atoms with Crippen LogP contribution in [0.4, 0.5) is 0 Å². The second-order valence-corrected chi connectivity index (χ2v) is 6.28. The van der Waals surface area contributed by atoms with Gasteiger partial charge in [0, 0.05) is 18.1 Å². The predicted octanol–water partition coefficient (Wildman–Crippen LogP) is 5.34. The third-order valence-electron chi connectivity index (χ3n) is 4.19. The largest absolute Gasteiger partial charge is 0.491 e. The summed E-state index contributed by atoms with van der Waals surface area (Å²) in [6.45, 7) is 0.401. The maximum Gasteiger partial charge on any atom is 0.251 e. The lowest BCUT2D eigenvalue weighted by Gasteiger charge is -2.12. The van der Waals surface area contributed by atoms with E-state index in [-0.39, 0.29) is 5.88 Å². The molecular weight excluding hydrogens is 354 g/mol. The third-order valence-corrected chi connectivity index (χ3v) is 4.19. The van der Waals surface area contributed by atoms with E-state index in [4.69, 9.17) is 14.0 Å². The van der Waals surface area contributed by atoms with Gasteiger partial charge in [0.1, 0.15) is 29.6 Å². The lowest BCUT2D eigenvalue weighted by Crippen LogP contribution is -1.98. The second kappa shape index (κ2) is 8.31. The molecule has 0 aliphatic rings. The average Bonchev–Trinajstić information content (AvgIpc) is 3.14. The number of hydrogen-bond donors (Lipinski definition) is 1. The second-order valence-electron chi connectivity index (χ2n) is 6.28. The zero-order valence-electron chi connectivity index (χ0n) is 15.1. The number of hydrogen-bond acceptors (Lipinski definition) is 5. The molecule has 28 heavy (non-hydrogen) atoms. The molecule has 0 saturated heterocycles. The van der Waals surface area contributed by atoms with Gasteiger partial charge >= 0.3 is 0 Å². The Labute approximate surface area is 162 Å². The fourth-order valence-electron chi connectivity index (χ4n) is 2.79. The first-order valence-corrected chi connectivity index (χ1v) is 8.93. The molecule has 0 unspecified atom stereocenters. The van der Waals surface area contributed by atoms with Gasteiger partial charge in [-0.2, -0.15) is 0 Å². The van der Waals surface area contributed by atoms with Crippen LogP contribution in [0.15, 0.2) is 89.5 Å². The molecule has 4 rings (SSSR count). The normalized spacial score (nSPS) is 10.6. The van der Waals surface area contributed by atoms with Gasteiger partial charge in [0.15, 0.2) is 0 Å².